The summed E-state index contributed by atoms with van der Waals surface area (Å²) in [6.45, 7) is 1.85. The molecule has 82 valence electrons. The normalized spacial score (nSPS) is 14.9. The quantitative estimate of drug-likeness (QED) is 0.812. The van der Waals surface area contributed by atoms with E-state index >= 15 is 0 Å². The molecule has 0 spiro atoms. The Morgan fingerprint density at radius 2 is 2.06 bits per heavy atom. The Morgan fingerprint density at radius 1 is 1.25 bits per heavy atom. The van der Waals surface area contributed by atoms with Crippen molar-refractivity contribution in [1.82, 2.24) is 9.36 Å². The van der Waals surface area contributed by atoms with Gasteiger partial charge in [0, 0.05) is 24.6 Å². The van der Waals surface area contributed by atoms with E-state index in [-0.39, 0.29) is 0 Å². The molecule has 0 unspecified atom stereocenters. The molecule has 0 atom stereocenters. The highest BCUT2D eigenvalue weighted by Crippen LogP contribution is 2.23. The highest BCUT2D eigenvalue weighted by atomic mass is 32.1. The first-order valence-corrected chi connectivity index (χ1v) is 6.01. The maximum atomic E-state index is 5.60. The average molecular weight is 232 g/mol. The van der Waals surface area contributed by atoms with Crippen LogP contribution in [-0.4, -0.2) is 15.9 Å². The van der Waals surface area contributed by atoms with Gasteiger partial charge >= 0.3 is 0 Å². The molecule has 0 aliphatic carbocycles. The van der Waals surface area contributed by atoms with E-state index in [1.807, 2.05) is 0 Å². The van der Waals surface area contributed by atoms with Crippen LogP contribution >= 0.6 is 11.5 Å². The second-order valence-corrected chi connectivity index (χ2v) is 4.66. The second kappa shape index (κ2) is 3.75. The smallest absolute Gasteiger partial charge is 0.239 e. The van der Waals surface area contributed by atoms with Crippen molar-refractivity contribution in [2.75, 3.05) is 17.2 Å². The van der Waals surface area contributed by atoms with E-state index in [0.717, 1.165) is 25.5 Å². The Labute approximate surface area is 97.9 Å². The summed E-state index contributed by atoms with van der Waals surface area (Å²) in [5.74, 6) is 0.761. The summed E-state index contributed by atoms with van der Waals surface area (Å²) in [4.78, 5) is 6.39. The Hall–Kier alpha value is -1.62. The fourth-order valence-electron chi connectivity index (χ4n) is 2.02. The monoisotopic (exact) mass is 232 g/mol. The minimum Gasteiger partial charge on any atom is -0.374 e. The standard InChI is InChI=1S/C11H12N4S/c12-10-13-11(14-16-10)15-6-5-8-3-1-2-4-9(8)7-15/h1-4H,5-7H2,(H2,12,13,14). The third-order valence-corrected chi connectivity index (χ3v) is 3.38. The van der Waals surface area contributed by atoms with E-state index in [9.17, 15) is 0 Å². The number of hydrogen-bond donors (Lipinski definition) is 1. The second-order valence-electron chi connectivity index (χ2n) is 3.87. The zero-order chi connectivity index (χ0) is 11.0. The van der Waals surface area contributed by atoms with Crippen molar-refractivity contribution in [3.8, 4) is 0 Å². The van der Waals surface area contributed by atoms with Crippen molar-refractivity contribution >= 4 is 22.6 Å². The highest BCUT2D eigenvalue weighted by molar-refractivity contribution is 7.09. The van der Waals surface area contributed by atoms with E-state index < -0.39 is 0 Å². The van der Waals surface area contributed by atoms with Gasteiger partial charge in [-0.25, -0.2) is 0 Å². The van der Waals surface area contributed by atoms with Crippen LogP contribution in [0.15, 0.2) is 24.3 Å². The predicted molar refractivity (Wildman–Crippen MR) is 65.5 cm³/mol. The summed E-state index contributed by atoms with van der Waals surface area (Å²) in [6.07, 6.45) is 1.05. The third-order valence-electron chi connectivity index (χ3n) is 2.84. The number of fused-ring (bicyclic) bond motifs is 1. The van der Waals surface area contributed by atoms with Gasteiger partial charge in [-0.1, -0.05) is 24.3 Å². The molecule has 16 heavy (non-hydrogen) atoms. The Kier molecular flexibility index (Phi) is 2.25. The molecule has 1 aromatic heterocycles. The molecule has 2 heterocycles. The summed E-state index contributed by atoms with van der Waals surface area (Å²) in [6, 6.07) is 8.52. The van der Waals surface area contributed by atoms with Gasteiger partial charge in [0.05, 0.1) is 0 Å². The molecule has 0 fully saturated rings. The molecule has 4 nitrogen and oxygen atoms in total. The van der Waals surface area contributed by atoms with Crippen molar-refractivity contribution in [2.24, 2.45) is 0 Å². The molecule has 1 aromatic carbocycles. The van der Waals surface area contributed by atoms with Gasteiger partial charge in [0.15, 0.2) is 0 Å². The Morgan fingerprint density at radius 3 is 2.81 bits per heavy atom. The van der Waals surface area contributed by atoms with Crippen molar-refractivity contribution in [1.29, 1.82) is 0 Å². The topological polar surface area (TPSA) is 55.0 Å². The predicted octanol–water partition coefficient (Wildman–Crippen LogP) is 1.68. The Bertz CT molecular complexity index is 508. The van der Waals surface area contributed by atoms with E-state index in [0.29, 0.717) is 5.13 Å². The zero-order valence-corrected chi connectivity index (χ0v) is 9.57. The van der Waals surface area contributed by atoms with Gasteiger partial charge in [-0.05, 0) is 17.5 Å². The van der Waals surface area contributed by atoms with Crippen LogP contribution in [0, 0.1) is 0 Å². The minimum absolute atomic E-state index is 0.536. The average Bonchev–Trinajstić information content (AvgIpc) is 2.75. The van der Waals surface area contributed by atoms with Crippen molar-refractivity contribution in [3.63, 3.8) is 0 Å². The lowest BCUT2D eigenvalue weighted by Crippen LogP contribution is -2.31. The lowest BCUT2D eigenvalue weighted by atomic mass is 10.0. The number of aromatic nitrogens is 2. The number of nitrogens with two attached hydrogens (primary N) is 1. The minimum atomic E-state index is 0.536. The zero-order valence-electron chi connectivity index (χ0n) is 8.76. The van der Waals surface area contributed by atoms with Gasteiger partial charge in [0.2, 0.25) is 11.1 Å². The first-order valence-electron chi connectivity index (χ1n) is 5.24. The largest absolute Gasteiger partial charge is 0.374 e. The SMILES string of the molecule is Nc1nc(N2CCc3ccccc3C2)ns1. The van der Waals surface area contributed by atoms with Gasteiger partial charge in [0.25, 0.3) is 0 Å². The van der Waals surface area contributed by atoms with Crippen LogP contribution in [-0.2, 0) is 13.0 Å². The molecule has 0 radical (unpaired) electrons. The number of nitrogens with zero attached hydrogens (tertiary/aromatic N) is 3. The summed E-state index contributed by atoms with van der Waals surface area (Å²) in [5, 5.41) is 0.536. The number of benzene rings is 1. The molecule has 5 heteroatoms. The lowest BCUT2D eigenvalue weighted by molar-refractivity contribution is 0.714. The van der Waals surface area contributed by atoms with Crippen LogP contribution in [0.1, 0.15) is 11.1 Å². The Balaban J connectivity index is 1.88. The maximum absolute atomic E-state index is 5.60. The van der Waals surface area contributed by atoms with Crippen LogP contribution in [0.2, 0.25) is 0 Å². The van der Waals surface area contributed by atoms with Crippen molar-refractivity contribution in [3.05, 3.63) is 35.4 Å². The van der Waals surface area contributed by atoms with Crippen molar-refractivity contribution in [2.45, 2.75) is 13.0 Å². The van der Waals surface area contributed by atoms with E-state index in [4.69, 9.17) is 5.73 Å². The summed E-state index contributed by atoms with van der Waals surface area (Å²) < 4.78 is 4.24. The third kappa shape index (κ3) is 1.63. The van der Waals surface area contributed by atoms with Gasteiger partial charge in [-0.3, -0.25) is 0 Å². The first-order chi connectivity index (χ1) is 7.83. The van der Waals surface area contributed by atoms with Crippen LogP contribution in [0.3, 0.4) is 0 Å². The van der Waals surface area contributed by atoms with Crippen LogP contribution in [0.25, 0.3) is 0 Å². The molecule has 0 saturated heterocycles. The fourth-order valence-corrected chi connectivity index (χ4v) is 2.48. The number of rotatable bonds is 1. The van der Waals surface area contributed by atoms with E-state index in [2.05, 4.69) is 38.5 Å². The summed E-state index contributed by atoms with van der Waals surface area (Å²) in [7, 11) is 0. The maximum Gasteiger partial charge on any atom is 0.239 e. The molecule has 3 rings (SSSR count). The van der Waals surface area contributed by atoms with Crippen LogP contribution < -0.4 is 10.6 Å². The summed E-state index contributed by atoms with van der Waals surface area (Å²) >= 11 is 1.25. The molecule has 2 aromatic rings. The molecular formula is C11H12N4S. The highest BCUT2D eigenvalue weighted by Gasteiger charge is 2.18. The molecule has 0 amide bonds. The van der Waals surface area contributed by atoms with Crippen LogP contribution in [0.5, 0.6) is 0 Å². The van der Waals surface area contributed by atoms with Gasteiger partial charge in [-0.15, -0.1) is 0 Å². The van der Waals surface area contributed by atoms with E-state index in [1.165, 1.54) is 22.7 Å². The molecule has 0 bridgehead atoms. The van der Waals surface area contributed by atoms with E-state index in [1.54, 1.807) is 0 Å². The molecule has 1 aliphatic rings. The fraction of sp³-hybridized carbons (Fsp3) is 0.273. The number of nitrogen functional groups attached to an aromatic ring is 1. The molecule has 1 aliphatic heterocycles. The molecular weight excluding hydrogens is 220 g/mol. The molecule has 0 saturated carbocycles. The van der Waals surface area contributed by atoms with Gasteiger partial charge in [-0.2, -0.15) is 9.36 Å². The van der Waals surface area contributed by atoms with Crippen molar-refractivity contribution < 1.29 is 0 Å². The summed E-state index contributed by atoms with van der Waals surface area (Å²) in [5.41, 5.74) is 8.39. The molecule has 2 N–H and O–H groups in total. The van der Waals surface area contributed by atoms with Crippen LogP contribution in [0.4, 0.5) is 11.1 Å². The number of anilines is 2. The lowest BCUT2D eigenvalue weighted by Gasteiger charge is -2.27. The van der Waals surface area contributed by atoms with Gasteiger partial charge < -0.3 is 10.6 Å². The van der Waals surface area contributed by atoms with Gasteiger partial charge in [0.1, 0.15) is 0 Å². The first kappa shape index (κ1) is 9.59. The number of hydrogen-bond acceptors (Lipinski definition) is 5.